The minimum atomic E-state index is 0.0571. The van der Waals surface area contributed by atoms with Crippen LogP contribution >= 0.6 is 0 Å². The molecule has 0 aliphatic carbocycles. The van der Waals surface area contributed by atoms with E-state index in [1.165, 1.54) is 0 Å². The third-order valence-corrected chi connectivity index (χ3v) is 4.33. The highest BCUT2D eigenvalue weighted by molar-refractivity contribution is 5.98. The molecule has 6 heteroatoms. The number of hydrogen-bond acceptors (Lipinski definition) is 5. The van der Waals surface area contributed by atoms with Crippen molar-refractivity contribution in [3.63, 3.8) is 0 Å². The molecule has 4 heterocycles. The highest BCUT2D eigenvalue weighted by Crippen LogP contribution is 2.32. The van der Waals surface area contributed by atoms with E-state index in [4.69, 9.17) is 14.4 Å². The monoisotopic (exact) mass is 296 g/mol. The Hall–Kier alpha value is -2.39. The number of hydrogen-bond donors (Lipinski definition) is 0. The molecule has 1 saturated heterocycles. The van der Waals surface area contributed by atoms with Gasteiger partial charge in [-0.25, -0.2) is 4.98 Å². The van der Waals surface area contributed by atoms with Gasteiger partial charge in [0.15, 0.2) is 5.58 Å². The zero-order valence-electron chi connectivity index (χ0n) is 12.3. The molecule has 1 aliphatic heterocycles. The summed E-state index contributed by atoms with van der Waals surface area (Å²) in [5, 5.41) is 8.78. The largest absolute Gasteiger partial charge is 0.460 e. The maximum Gasteiger partial charge on any atom is 0.178 e. The molecule has 2 unspecified atom stereocenters. The van der Waals surface area contributed by atoms with Crippen molar-refractivity contribution in [2.24, 2.45) is 0 Å². The van der Waals surface area contributed by atoms with Gasteiger partial charge in [-0.2, -0.15) is 5.26 Å². The van der Waals surface area contributed by atoms with E-state index in [0.29, 0.717) is 13.0 Å². The molecular weight excluding hydrogens is 280 g/mol. The third kappa shape index (κ3) is 1.97. The van der Waals surface area contributed by atoms with Crippen LogP contribution in [0, 0.1) is 18.3 Å². The fourth-order valence-electron chi connectivity index (χ4n) is 3.30. The number of furan rings is 1. The van der Waals surface area contributed by atoms with E-state index < -0.39 is 0 Å². The molecule has 4 rings (SSSR count). The average molecular weight is 296 g/mol. The van der Waals surface area contributed by atoms with E-state index in [0.717, 1.165) is 40.8 Å². The Kier molecular flexibility index (Phi) is 3.09. The number of aryl methyl sites for hydroxylation is 1. The normalized spacial score (nSPS) is 22.2. The molecule has 0 bridgehead atoms. The van der Waals surface area contributed by atoms with Gasteiger partial charge in [-0.15, -0.1) is 0 Å². The van der Waals surface area contributed by atoms with Crippen molar-refractivity contribution in [3.8, 4) is 6.07 Å². The first-order valence-electron chi connectivity index (χ1n) is 7.47. The van der Waals surface area contributed by atoms with Crippen LogP contribution in [0.1, 0.15) is 31.1 Å². The van der Waals surface area contributed by atoms with E-state index in [9.17, 15) is 0 Å². The van der Waals surface area contributed by atoms with E-state index in [2.05, 4.69) is 20.6 Å². The topological polar surface area (TPSA) is 76.9 Å². The minimum Gasteiger partial charge on any atom is -0.460 e. The summed E-state index contributed by atoms with van der Waals surface area (Å²) in [6, 6.07) is 4.26. The van der Waals surface area contributed by atoms with Crippen LogP contribution in [-0.2, 0) is 4.74 Å². The van der Waals surface area contributed by atoms with E-state index >= 15 is 0 Å². The van der Waals surface area contributed by atoms with Gasteiger partial charge < -0.3 is 13.7 Å². The van der Waals surface area contributed by atoms with Crippen LogP contribution in [0.4, 0.5) is 0 Å². The molecule has 0 aromatic carbocycles. The van der Waals surface area contributed by atoms with Crippen molar-refractivity contribution in [1.29, 1.82) is 5.26 Å². The molecule has 0 N–H and O–H groups in total. The van der Waals surface area contributed by atoms with Crippen LogP contribution in [-0.4, -0.2) is 27.2 Å². The molecule has 1 fully saturated rings. The van der Waals surface area contributed by atoms with Gasteiger partial charge in [0, 0.05) is 6.07 Å². The Labute approximate surface area is 127 Å². The molecular formula is C16H16N4O2. The van der Waals surface area contributed by atoms with Gasteiger partial charge in [-0.05, 0) is 19.8 Å². The standard InChI is InChI=1S/C16H16N4O2/c1-10-19-14-8-18-13-5-7-21-16(13)15(14)20(10)11-2-3-12(4-6-17)22-9-11/h5,7-8,11-12H,2-4,9H2,1H3. The minimum absolute atomic E-state index is 0.0571. The molecule has 0 saturated carbocycles. The van der Waals surface area contributed by atoms with Gasteiger partial charge in [0.2, 0.25) is 0 Å². The number of rotatable bonds is 2. The number of nitriles is 1. The van der Waals surface area contributed by atoms with Crippen LogP contribution < -0.4 is 0 Å². The first-order valence-corrected chi connectivity index (χ1v) is 7.47. The first kappa shape index (κ1) is 13.3. The molecule has 2 atom stereocenters. The number of ether oxygens (including phenoxy) is 1. The van der Waals surface area contributed by atoms with Gasteiger partial charge in [0.1, 0.15) is 22.4 Å². The maximum atomic E-state index is 8.78. The van der Waals surface area contributed by atoms with Crippen molar-refractivity contribution >= 4 is 22.1 Å². The molecule has 0 radical (unpaired) electrons. The smallest absolute Gasteiger partial charge is 0.178 e. The summed E-state index contributed by atoms with van der Waals surface area (Å²) in [5.41, 5.74) is 3.45. The van der Waals surface area contributed by atoms with Gasteiger partial charge in [-0.1, -0.05) is 0 Å². The van der Waals surface area contributed by atoms with Crippen LogP contribution in [0.3, 0.4) is 0 Å². The van der Waals surface area contributed by atoms with Crippen LogP contribution in [0.25, 0.3) is 22.1 Å². The summed E-state index contributed by atoms with van der Waals surface area (Å²) in [5.74, 6) is 0.938. The lowest BCUT2D eigenvalue weighted by Gasteiger charge is -2.29. The summed E-state index contributed by atoms with van der Waals surface area (Å²) >= 11 is 0. The molecule has 1 aliphatic rings. The van der Waals surface area contributed by atoms with Crippen molar-refractivity contribution < 1.29 is 9.15 Å². The fourth-order valence-corrected chi connectivity index (χ4v) is 3.30. The molecule has 112 valence electrons. The Bertz CT molecular complexity index is 865. The number of aromatic nitrogens is 3. The third-order valence-electron chi connectivity index (χ3n) is 4.33. The van der Waals surface area contributed by atoms with Crippen molar-refractivity contribution in [2.75, 3.05) is 6.61 Å². The van der Waals surface area contributed by atoms with E-state index in [1.807, 2.05) is 13.0 Å². The van der Waals surface area contributed by atoms with E-state index in [1.54, 1.807) is 12.5 Å². The van der Waals surface area contributed by atoms with Gasteiger partial charge in [0.05, 0.1) is 43.7 Å². The van der Waals surface area contributed by atoms with E-state index in [-0.39, 0.29) is 12.1 Å². The molecule has 22 heavy (non-hydrogen) atoms. The number of nitrogens with zero attached hydrogens (tertiary/aromatic N) is 4. The summed E-state index contributed by atoms with van der Waals surface area (Å²) in [6.45, 7) is 2.60. The quantitative estimate of drug-likeness (QED) is 0.726. The van der Waals surface area contributed by atoms with Crippen LogP contribution in [0.15, 0.2) is 22.9 Å². The number of fused-ring (bicyclic) bond motifs is 3. The fraction of sp³-hybridized carbons (Fsp3) is 0.438. The zero-order chi connectivity index (χ0) is 15.1. The number of pyridine rings is 1. The Balaban J connectivity index is 1.77. The van der Waals surface area contributed by atoms with Crippen molar-refractivity contribution in [2.45, 2.75) is 38.3 Å². The summed E-state index contributed by atoms with van der Waals surface area (Å²) in [4.78, 5) is 8.97. The Morgan fingerprint density at radius 1 is 1.41 bits per heavy atom. The molecule has 6 nitrogen and oxygen atoms in total. The van der Waals surface area contributed by atoms with Crippen LogP contribution in [0.2, 0.25) is 0 Å². The van der Waals surface area contributed by atoms with Gasteiger partial charge in [0.25, 0.3) is 0 Å². The molecule has 3 aromatic heterocycles. The average Bonchev–Trinajstić information content (AvgIpc) is 3.11. The SMILES string of the molecule is Cc1nc2cnc3ccoc3c2n1C1CCC(CC#N)OC1. The highest BCUT2D eigenvalue weighted by Gasteiger charge is 2.26. The molecule has 0 amide bonds. The number of imidazole rings is 1. The Morgan fingerprint density at radius 3 is 3.09 bits per heavy atom. The first-order chi connectivity index (χ1) is 10.8. The summed E-state index contributed by atoms with van der Waals surface area (Å²) in [7, 11) is 0. The zero-order valence-corrected chi connectivity index (χ0v) is 12.3. The second-order valence-electron chi connectivity index (χ2n) is 5.70. The molecule has 0 spiro atoms. The highest BCUT2D eigenvalue weighted by atomic mass is 16.5. The van der Waals surface area contributed by atoms with Crippen LogP contribution in [0.5, 0.6) is 0 Å². The predicted octanol–water partition coefficient (Wildman–Crippen LogP) is 3.12. The predicted molar refractivity (Wildman–Crippen MR) is 80.3 cm³/mol. The Morgan fingerprint density at radius 2 is 2.32 bits per heavy atom. The maximum absolute atomic E-state index is 8.78. The lowest BCUT2D eigenvalue weighted by Crippen LogP contribution is -2.28. The lowest BCUT2D eigenvalue weighted by atomic mass is 10.0. The van der Waals surface area contributed by atoms with Gasteiger partial charge >= 0.3 is 0 Å². The van der Waals surface area contributed by atoms with Crippen molar-refractivity contribution in [3.05, 3.63) is 24.4 Å². The summed E-state index contributed by atoms with van der Waals surface area (Å²) in [6.07, 6.45) is 5.83. The molecule has 3 aromatic rings. The second-order valence-corrected chi connectivity index (χ2v) is 5.70. The van der Waals surface area contributed by atoms with Crippen molar-refractivity contribution in [1.82, 2.24) is 14.5 Å². The lowest BCUT2D eigenvalue weighted by molar-refractivity contribution is -0.00807. The van der Waals surface area contributed by atoms with Gasteiger partial charge in [-0.3, -0.25) is 4.98 Å². The second kappa shape index (κ2) is 5.11. The summed E-state index contributed by atoms with van der Waals surface area (Å²) < 4.78 is 13.7.